The van der Waals surface area contributed by atoms with E-state index >= 15 is 0 Å². The van der Waals surface area contributed by atoms with Crippen molar-refractivity contribution in [3.63, 3.8) is 0 Å². The van der Waals surface area contributed by atoms with Crippen molar-refractivity contribution in [3.05, 3.63) is 35.6 Å². The molecule has 2 rings (SSSR count). The van der Waals surface area contributed by atoms with Gasteiger partial charge in [-0.1, -0.05) is 44.7 Å². The van der Waals surface area contributed by atoms with E-state index in [2.05, 4.69) is 12.3 Å². The maximum Gasteiger partial charge on any atom is 0.123 e. The molecule has 0 spiro atoms. The lowest BCUT2D eigenvalue weighted by Crippen LogP contribution is -2.38. The molecule has 0 amide bonds. The van der Waals surface area contributed by atoms with Gasteiger partial charge in [-0.25, -0.2) is 4.39 Å². The standard InChI is InChI=1S/C15H23FN2/c1-2-11-5-3-4-6-14(11)15(18-17)12-7-9-13(16)10-8-12/h7-11,14-15,18H,2-6,17H2,1H3. The van der Waals surface area contributed by atoms with Gasteiger partial charge in [0.15, 0.2) is 0 Å². The van der Waals surface area contributed by atoms with Crippen molar-refractivity contribution < 1.29 is 4.39 Å². The zero-order valence-corrected chi connectivity index (χ0v) is 11.0. The van der Waals surface area contributed by atoms with E-state index in [1.54, 1.807) is 0 Å². The van der Waals surface area contributed by atoms with Gasteiger partial charge in [0, 0.05) is 6.04 Å². The number of hydrogen-bond donors (Lipinski definition) is 2. The van der Waals surface area contributed by atoms with E-state index in [0.29, 0.717) is 5.92 Å². The molecule has 0 aliphatic heterocycles. The van der Waals surface area contributed by atoms with Crippen LogP contribution in [0, 0.1) is 17.7 Å². The first-order valence-electron chi connectivity index (χ1n) is 6.97. The Hall–Kier alpha value is -0.930. The Bertz CT molecular complexity index is 363. The van der Waals surface area contributed by atoms with Gasteiger partial charge in [0.05, 0.1) is 0 Å². The second-order valence-corrected chi connectivity index (χ2v) is 5.31. The summed E-state index contributed by atoms with van der Waals surface area (Å²) in [5, 5.41) is 0. The van der Waals surface area contributed by atoms with Crippen LogP contribution in [0.25, 0.3) is 0 Å². The third kappa shape index (κ3) is 2.90. The summed E-state index contributed by atoms with van der Waals surface area (Å²) in [7, 11) is 0. The molecule has 3 N–H and O–H groups in total. The molecular weight excluding hydrogens is 227 g/mol. The van der Waals surface area contributed by atoms with Gasteiger partial charge < -0.3 is 0 Å². The van der Waals surface area contributed by atoms with Crippen molar-refractivity contribution in [3.8, 4) is 0 Å². The molecule has 1 aromatic carbocycles. The van der Waals surface area contributed by atoms with Gasteiger partial charge in [-0.3, -0.25) is 11.3 Å². The van der Waals surface area contributed by atoms with Crippen LogP contribution in [0.15, 0.2) is 24.3 Å². The monoisotopic (exact) mass is 250 g/mol. The average Bonchev–Trinajstić information content (AvgIpc) is 2.42. The summed E-state index contributed by atoms with van der Waals surface area (Å²) < 4.78 is 13.0. The summed E-state index contributed by atoms with van der Waals surface area (Å²) in [5.41, 5.74) is 4.05. The van der Waals surface area contributed by atoms with Gasteiger partial charge in [-0.15, -0.1) is 0 Å². The van der Waals surface area contributed by atoms with E-state index in [-0.39, 0.29) is 11.9 Å². The van der Waals surface area contributed by atoms with Crippen molar-refractivity contribution in [2.24, 2.45) is 17.7 Å². The minimum Gasteiger partial charge on any atom is -0.271 e. The molecule has 1 aliphatic carbocycles. The van der Waals surface area contributed by atoms with Crippen molar-refractivity contribution >= 4 is 0 Å². The van der Waals surface area contributed by atoms with Crippen LogP contribution in [-0.4, -0.2) is 0 Å². The van der Waals surface area contributed by atoms with Crippen molar-refractivity contribution in [2.75, 3.05) is 0 Å². The number of hydrazine groups is 1. The number of nitrogens with one attached hydrogen (secondary N) is 1. The number of rotatable bonds is 4. The van der Waals surface area contributed by atoms with E-state index in [0.717, 1.165) is 11.5 Å². The minimum atomic E-state index is -0.190. The molecule has 1 aromatic rings. The largest absolute Gasteiger partial charge is 0.271 e. The van der Waals surface area contributed by atoms with E-state index in [1.807, 2.05) is 12.1 Å². The number of nitrogens with two attached hydrogens (primary N) is 1. The molecule has 0 aromatic heterocycles. The van der Waals surface area contributed by atoms with Crippen LogP contribution >= 0.6 is 0 Å². The Kier molecular flexibility index (Phi) is 4.72. The van der Waals surface area contributed by atoms with Crippen LogP contribution in [-0.2, 0) is 0 Å². The van der Waals surface area contributed by atoms with Crippen molar-refractivity contribution in [2.45, 2.75) is 45.1 Å². The Morgan fingerprint density at radius 3 is 2.56 bits per heavy atom. The molecule has 1 fully saturated rings. The fraction of sp³-hybridized carbons (Fsp3) is 0.600. The maximum absolute atomic E-state index is 13.0. The lowest BCUT2D eigenvalue weighted by atomic mass is 9.72. The quantitative estimate of drug-likeness (QED) is 0.633. The summed E-state index contributed by atoms with van der Waals surface area (Å²) >= 11 is 0. The third-order valence-electron chi connectivity index (χ3n) is 4.33. The molecule has 3 unspecified atom stereocenters. The van der Waals surface area contributed by atoms with E-state index < -0.39 is 0 Å². The lowest BCUT2D eigenvalue weighted by molar-refractivity contribution is 0.176. The molecule has 0 heterocycles. The van der Waals surface area contributed by atoms with Gasteiger partial charge in [-0.05, 0) is 36.0 Å². The third-order valence-corrected chi connectivity index (χ3v) is 4.33. The van der Waals surface area contributed by atoms with Crippen LogP contribution in [0.5, 0.6) is 0 Å². The smallest absolute Gasteiger partial charge is 0.123 e. The molecule has 2 nitrogen and oxygen atoms in total. The van der Waals surface area contributed by atoms with Gasteiger partial charge in [0.25, 0.3) is 0 Å². The summed E-state index contributed by atoms with van der Waals surface area (Å²) in [5.74, 6) is 6.85. The maximum atomic E-state index is 13.0. The molecule has 0 radical (unpaired) electrons. The first-order valence-corrected chi connectivity index (χ1v) is 6.97. The van der Waals surface area contributed by atoms with Crippen molar-refractivity contribution in [1.29, 1.82) is 0 Å². The zero-order chi connectivity index (χ0) is 13.0. The van der Waals surface area contributed by atoms with Crippen LogP contribution in [0.2, 0.25) is 0 Å². The number of halogens is 1. The first-order chi connectivity index (χ1) is 8.76. The minimum absolute atomic E-state index is 0.149. The summed E-state index contributed by atoms with van der Waals surface area (Å²) in [4.78, 5) is 0. The van der Waals surface area contributed by atoms with Gasteiger partial charge in [0.1, 0.15) is 5.82 Å². The summed E-state index contributed by atoms with van der Waals surface area (Å²) in [6.45, 7) is 2.25. The lowest BCUT2D eigenvalue weighted by Gasteiger charge is -2.36. The Balaban J connectivity index is 2.18. The van der Waals surface area contributed by atoms with Crippen molar-refractivity contribution in [1.82, 2.24) is 5.43 Å². The number of benzene rings is 1. The van der Waals surface area contributed by atoms with E-state index in [1.165, 1.54) is 44.2 Å². The highest BCUT2D eigenvalue weighted by Gasteiger charge is 2.31. The van der Waals surface area contributed by atoms with Gasteiger partial charge in [-0.2, -0.15) is 0 Å². The SMILES string of the molecule is CCC1CCCCC1C(NN)c1ccc(F)cc1. The highest BCUT2D eigenvalue weighted by molar-refractivity contribution is 5.21. The molecule has 0 saturated heterocycles. The molecule has 1 saturated carbocycles. The van der Waals surface area contributed by atoms with Gasteiger partial charge in [0.2, 0.25) is 0 Å². The Morgan fingerprint density at radius 1 is 1.28 bits per heavy atom. The van der Waals surface area contributed by atoms with Crippen LogP contribution < -0.4 is 11.3 Å². The topological polar surface area (TPSA) is 38.0 Å². The zero-order valence-electron chi connectivity index (χ0n) is 11.0. The molecule has 3 atom stereocenters. The predicted molar refractivity (Wildman–Crippen MR) is 72.2 cm³/mol. The fourth-order valence-corrected chi connectivity index (χ4v) is 3.32. The van der Waals surface area contributed by atoms with E-state index in [9.17, 15) is 4.39 Å². The molecule has 100 valence electrons. The highest BCUT2D eigenvalue weighted by atomic mass is 19.1. The Morgan fingerprint density at radius 2 is 1.94 bits per heavy atom. The molecule has 3 heteroatoms. The van der Waals surface area contributed by atoms with E-state index in [4.69, 9.17) is 5.84 Å². The molecule has 18 heavy (non-hydrogen) atoms. The number of hydrogen-bond acceptors (Lipinski definition) is 2. The fourth-order valence-electron chi connectivity index (χ4n) is 3.32. The Labute approximate surface area is 109 Å². The second kappa shape index (κ2) is 6.30. The molecular formula is C15H23FN2. The van der Waals surface area contributed by atoms with Gasteiger partial charge >= 0.3 is 0 Å². The first kappa shape index (κ1) is 13.5. The summed E-state index contributed by atoms with van der Waals surface area (Å²) in [6, 6.07) is 6.88. The van der Waals surface area contributed by atoms with Crippen LogP contribution in [0.1, 0.15) is 50.6 Å². The average molecular weight is 250 g/mol. The van der Waals surface area contributed by atoms with Crippen LogP contribution in [0.4, 0.5) is 4.39 Å². The second-order valence-electron chi connectivity index (χ2n) is 5.31. The normalized spacial score (nSPS) is 25.9. The molecule has 1 aliphatic rings. The van der Waals surface area contributed by atoms with Crippen LogP contribution in [0.3, 0.4) is 0 Å². The molecule has 0 bridgehead atoms. The predicted octanol–water partition coefficient (Wildman–Crippen LogP) is 3.55. The summed E-state index contributed by atoms with van der Waals surface area (Å²) in [6.07, 6.45) is 6.31. The highest BCUT2D eigenvalue weighted by Crippen LogP contribution is 2.39.